The van der Waals surface area contributed by atoms with Gasteiger partial charge in [0.1, 0.15) is 12.1 Å². The molecule has 0 bridgehead atoms. The van der Waals surface area contributed by atoms with Crippen LogP contribution in [0.5, 0.6) is 0 Å². The highest BCUT2D eigenvalue weighted by molar-refractivity contribution is 6.32. The summed E-state index contributed by atoms with van der Waals surface area (Å²) < 4.78 is 5.14. The van der Waals surface area contributed by atoms with Gasteiger partial charge in [0.2, 0.25) is 0 Å². The van der Waals surface area contributed by atoms with Crippen molar-refractivity contribution in [2.45, 2.75) is 39.3 Å². The number of carbonyl (C=O) groups is 3. The molecule has 0 saturated heterocycles. The number of hydrogen-bond acceptors (Lipinski definition) is 4. The molecule has 6 nitrogen and oxygen atoms in total. The molecule has 0 aromatic heterocycles. The summed E-state index contributed by atoms with van der Waals surface area (Å²) >= 11 is 6.18. The second-order valence-electron chi connectivity index (χ2n) is 5.94. The molecule has 0 spiro atoms. The smallest absolute Gasteiger partial charge is 0.338 e. The fourth-order valence-electron chi connectivity index (χ4n) is 2.47. The van der Waals surface area contributed by atoms with Gasteiger partial charge in [-0.25, -0.2) is 9.59 Å². The number of halogens is 1. The van der Waals surface area contributed by atoms with Crippen molar-refractivity contribution >= 4 is 29.4 Å². The number of esters is 1. The highest BCUT2D eigenvalue weighted by Crippen LogP contribution is 2.29. The number of carboxylic acids is 1. The van der Waals surface area contributed by atoms with Crippen molar-refractivity contribution in [3.63, 3.8) is 0 Å². The maximum Gasteiger partial charge on any atom is 0.338 e. The van der Waals surface area contributed by atoms with E-state index >= 15 is 0 Å². The lowest BCUT2D eigenvalue weighted by molar-refractivity contribution is -0.140. The number of carboxylic acid groups (broad SMARTS) is 1. The average molecular weight is 340 g/mol. The molecule has 1 aromatic carbocycles. The zero-order valence-electron chi connectivity index (χ0n) is 13.1. The monoisotopic (exact) mass is 339 g/mol. The topological polar surface area (TPSA) is 92.7 Å². The Balaban J connectivity index is 2.32. The maximum atomic E-state index is 12.3. The first kappa shape index (κ1) is 17.3. The normalized spacial score (nSPS) is 18.1. The Morgan fingerprint density at radius 1 is 1.39 bits per heavy atom. The number of amides is 1. The Morgan fingerprint density at radius 2 is 2.04 bits per heavy atom. The summed E-state index contributed by atoms with van der Waals surface area (Å²) in [6.45, 7) is 5.15. The molecule has 2 rings (SSSR count). The van der Waals surface area contributed by atoms with Crippen molar-refractivity contribution in [2.24, 2.45) is 5.92 Å². The van der Waals surface area contributed by atoms with Crippen LogP contribution in [0.15, 0.2) is 12.1 Å². The van der Waals surface area contributed by atoms with E-state index in [9.17, 15) is 14.4 Å². The van der Waals surface area contributed by atoms with Crippen molar-refractivity contribution < 1.29 is 24.2 Å². The minimum Gasteiger partial charge on any atom is -0.480 e. The van der Waals surface area contributed by atoms with Crippen LogP contribution in [-0.4, -0.2) is 35.1 Å². The zero-order valence-corrected chi connectivity index (χ0v) is 13.8. The fraction of sp³-hybridized carbons (Fsp3) is 0.438. The lowest BCUT2D eigenvalue weighted by Crippen LogP contribution is -2.44. The first-order valence-corrected chi connectivity index (χ1v) is 7.65. The number of cyclic esters (lactones) is 1. The molecule has 2 N–H and O–H groups in total. The predicted octanol–water partition coefficient (Wildman–Crippen LogP) is 2.28. The van der Waals surface area contributed by atoms with Crippen LogP contribution in [0.25, 0.3) is 0 Å². The predicted molar refractivity (Wildman–Crippen MR) is 83.8 cm³/mol. The van der Waals surface area contributed by atoms with Gasteiger partial charge in [0.25, 0.3) is 5.91 Å². The van der Waals surface area contributed by atoms with Gasteiger partial charge in [0.05, 0.1) is 5.56 Å². The summed E-state index contributed by atoms with van der Waals surface area (Å²) in [5.41, 5.74) is 1.02. The van der Waals surface area contributed by atoms with Gasteiger partial charge < -0.3 is 15.2 Å². The third-order valence-electron chi connectivity index (χ3n) is 3.70. The Morgan fingerprint density at radius 3 is 2.61 bits per heavy atom. The largest absolute Gasteiger partial charge is 0.480 e. The highest BCUT2D eigenvalue weighted by atomic mass is 35.5. The van der Waals surface area contributed by atoms with E-state index in [4.69, 9.17) is 21.4 Å². The summed E-state index contributed by atoms with van der Waals surface area (Å²) in [7, 11) is 0. The van der Waals surface area contributed by atoms with E-state index in [0.29, 0.717) is 17.0 Å². The van der Waals surface area contributed by atoms with Gasteiger partial charge in [0, 0.05) is 17.0 Å². The molecule has 1 amide bonds. The summed E-state index contributed by atoms with van der Waals surface area (Å²) in [5, 5.41) is 11.9. The van der Waals surface area contributed by atoms with Crippen LogP contribution in [-0.2, 0) is 16.0 Å². The van der Waals surface area contributed by atoms with E-state index in [-0.39, 0.29) is 23.1 Å². The molecule has 1 unspecified atom stereocenters. The van der Waals surface area contributed by atoms with Gasteiger partial charge in [0.15, 0.2) is 0 Å². The minimum absolute atomic E-state index is 0.132. The van der Waals surface area contributed by atoms with Crippen molar-refractivity contribution in [1.29, 1.82) is 0 Å². The molecule has 2 atom stereocenters. The highest BCUT2D eigenvalue weighted by Gasteiger charge is 2.29. The molecule has 1 heterocycles. The molecule has 0 radical (unpaired) electrons. The Labute approximate surface area is 138 Å². The minimum atomic E-state index is -1.12. The van der Waals surface area contributed by atoms with E-state index in [0.717, 1.165) is 0 Å². The molecule has 7 heteroatoms. The molecule has 0 saturated carbocycles. The zero-order chi connectivity index (χ0) is 17.3. The standard InChI is InChI=1S/C16H18ClNO5/c1-7(2)13(15(20)21)18-14(19)9-5-11-10(12(17)6-9)4-8(3)23-16(11)22/h5-8,13H,4H2,1-3H3,(H,18,19)(H,20,21)/t8?,13-/m0/s1. The Bertz CT molecular complexity index is 671. The number of nitrogens with one attached hydrogen (secondary N) is 1. The van der Waals surface area contributed by atoms with Crippen molar-refractivity contribution in [3.05, 3.63) is 33.8 Å². The molecule has 1 aliphatic heterocycles. The van der Waals surface area contributed by atoms with Gasteiger partial charge in [-0.15, -0.1) is 0 Å². The second kappa shape index (κ2) is 6.58. The molecule has 0 aliphatic carbocycles. The van der Waals surface area contributed by atoms with E-state index in [1.165, 1.54) is 12.1 Å². The third kappa shape index (κ3) is 3.64. The van der Waals surface area contributed by atoms with E-state index < -0.39 is 23.9 Å². The Hall–Kier alpha value is -2.08. The number of benzene rings is 1. The van der Waals surface area contributed by atoms with E-state index in [2.05, 4.69) is 5.32 Å². The van der Waals surface area contributed by atoms with Crippen LogP contribution < -0.4 is 5.32 Å². The molecular weight excluding hydrogens is 322 g/mol. The third-order valence-corrected chi connectivity index (χ3v) is 4.03. The van der Waals surface area contributed by atoms with Gasteiger partial charge in [-0.05, 0) is 30.5 Å². The van der Waals surface area contributed by atoms with Crippen LogP contribution in [0.3, 0.4) is 0 Å². The van der Waals surface area contributed by atoms with Crippen LogP contribution in [0, 0.1) is 5.92 Å². The number of hydrogen-bond donors (Lipinski definition) is 2. The van der Waals surface area contributed by atoms with E-state index in [1.807, 2.05) is 0 Å². The van der Waals surface area contributed by atoms with Crippen LogP contribution in [0.4, 0.5) is 0 Å². The molecule has 23 heavy (non-hydrogen) atoms. The molecule has 1 aliphatic rings. The van der Waals surface area contributed by atoms with Gasteiger partial charge >= 0.3 is 11.9 Å². The first-order valence-electron chi connectivity index (χ1n) is 7.27. The lowest BCUT2D eigenvalue weighted by atomic mass is 9.96. The van der Waals surface area contributed by atoms with Crippen LogP contribution in [0.2, 0.25) is 5.02 Å². The summed E-state index contributed by atoms with van der Waals surface area (Å²) in [6.07, 6.45) is 0.204. The number of rotatable bonds is 4. The number of fused-ring (bicyclic) bond motifs is 1. The van der Waals surface area contributed by atoms with Crippen molar-refractivity contribution in [1.82, 2.24) is 5.32 Å². The SMILES string of the molecule is CC1Cc2c(Cl)cc(C(=O)N[C@H](C(=O)O)C(C)C)cc2C(=O)O1. The molecule has 1 aromatic rings. The molecule has 0 fully saturated rings. The quantitative estimate of drug-likeness (QED) is 0.821. The van der Waals surface area contributed by atoms with Crippen molar-refractivity contribution in [3.8, 4) is 0 Å². The lowest BCUT2D eigenvalue weighted by Gasteiger charge is -2.23. The number of ether oxygens (including phenoxy) is 1. The number of aliphatic carboxylic acids is 1. The number of carbonyl (C=O) groups excluding carboxylic acids is 2. The molecule has 124 valence electrons. The van der Waals surface area contributed by atoms with E-state index in [1.54, 1.807) is 20.8 Å². The summed E-state index contributed by atoms with van der Waals surface area (Å²) in [4.78, 5) is 35.4. The van der Waals surface area contributed by atoms with Gasteiger partial charge in [-0.2, -0.15) is 0 Å². The fourth-order valence-corrected chi connectivity index (χ4v) is 2.77. The molecular formula is C16H18ClNO5. The summed E-state index contributed by atoms with van der Waals surface area (Å²) in [6, 6.07) is 1.81. The maximum absolute atomic E-state index is 12.3. The van der Waals surface area contributed by atoms with Gasteiger partial charge in [-0.1, -0.05) is 25.4 Å². The van der Waals surface area contributed by atoms with Gasteiger partial charge in [-0.3, -0.25) is 4.79 Å². The first-order chi connectivity index (χ1) is 10.7. The average Bonchev–Trinajstić information content (AvgIpc) is 2.44. The van der Waals surface area contributed by atoms with Crippen LogP contribution >= 0.6 is 11.6 Å². The van der Waals surface area contributed by atoms with Crippen molar-refractivity contribution in [2.75, 3.05) is 0 Å². The van der Waals surface area contributed by atoms with Crippen LogP contribution in [0.1, 0.15) is 47.1 Å². The Kier molecular flexibility index (Phi) is 4.94. The summed E-state index contributed by atoms with van der Waals surface area (Å²) in [5.74, 6) is -2.53. The second-order valence-corrected chi connectivity index (χ2v) is 6.34.